The molecule has 3 heteroatoms. The Morgan fingerprint density at radius 3 is 2.88 bits per heavy atom. The van der Waals surface area contributed by atoms with Gasteiger partial charge in [-0.05, 0) is 41.5 Å². The maximum absolute atomic E-state index is 6.19. The molecule has 1 aromatic heterocycles. The first-order valence-corrected chi connectivity index (χ1v) is 5.94. The smallest absolute Gasteiger partial charge is 0.0543 e. The third kappa shape index (κ3) is 1.94. The number of nitrogens with two attached hydrogens (primary N) is 1. The Labute approximate surface area is 101 Å². The number of aromatic nitrogens is 2. The molecule has 86 valence electrons. The second kappa shape index (κ2) is 4.26. The quantitative estimate of drug-likeness (QED) is 0.871. The predicted octanol–water partition coefficient (Wildman–Crippen LogP) is 2.21. The van der Waals surface area contributed by atoms with Gasteiger partial charge in [0.1, 0.15) is 0 Å². The molecule has 0 saturated carbocycles. The average Bonchev–Trinajstić information content (AvgIpc) is 2.37. The third-order valence-corrected chi connectivity index (χ3v) is 3.53. The fraction of sp³-hybridized carbons (Fsp3) is 0.286. The summed E-state index contributed by atoms with van der Waals surface area (Å²) in [5.41, 5.74) is 10.2. The summed E-state index contributed by atoms with van der Waals surface area (Å²) in [7, 11) is 0. The van der Waals surface area contributed by atoms with Crippen LogP contribution in [-0.2, 0) is 6.42 Å². The molecular formula is C14H15N3. The van der Waals surface area contributed by atoms with E-state index in [4.69, 9.17) is 5.73 Å². The van der Waals surface area contributed by atoms with Gasteiger partial charge in [0.25, 0.3) is 0 Å². The molecule has 0 spiro atoms. The van der Waals surface area contributed by atoms with E-state index < -0.39 is 0 Å². The van der Waals surface area contributed by atoms with E-state index in [1.54, 1.807) is 12.4 Å². The highest BCUT2D eigenvalue weighted by Crippen LogP contribution is 2.39. The number of nitrogens with zero attached hydrogens (tertiary/aromatic N) is 2. The maximum Gasteiger partial charge on any atom is 0.0543 e. The molecule has 17 heavy (non-hydrogen) atoms. The van der Waals surface area contributed by atoms with Crippen LogP contribution in [0, 0.1) is 0 Å². The van der Waals surface area contributed by atoms with Crippen LogP contribution >= 0.6 is 0 Å². The molecule has 3 nitrogen and oxygen atoms in total. The Balaban J connectivity index is 1.70. The number of rotatable bonds is 3. The van der Waals surface area contributed by atoms with Gasteiger partial charge in [0, 0.05) is 12.2 Å². The summed E-state index contributed by atoms with van der Waals surface area (Å²) in [6, 6.07) is 10.6. The molecule has 2 aromatic rings. The van der Waals surface area contributed by atoms with Crippen LogP contribution < -0.4 is 5.73 Å². The molecule has 1 aliphatic rings. The van der Waals surface area contributed by atoms with Gasteiger partial charge in [0.15, 0.2) is 0 Å². The van der Waals surface area contributed by atoms with E-state index >= 15 is 0 Å². The maximum atomic E-state index is 6.19. The highest BCUT2D eigenvalue weighted by Gasteiger charge is 2.27. The van der Waals surface area contributed by atoms with Crippen LogP contribution in [0.5, 0.6) is 0 Å². The van der Waals surface area contributed by atoms with Crippen LogP contribution in [0.25, 0.3) is 0 Å². The normalized spacial score (nSPS) is 19.2. The third-order valence-electron chi connectivity index (χ3n) is 3.53. The fourth-order valence-electron chi connectivity index (χ4n) is 2.54. The fourth-order valence-corrected chi connectivity index (χ4v) is 2.54. The van der Waals surface area contributed by atoms with Crippen molar-refractivity contribution in [3.8, 4) is 0 Å². The van der Waals surface area contributed by atoms with Gasteiger partial charge in [-0.1, -0.05) is 24.3 Å². The van der Waals surface area contributed by atoms with E-state index in [1.165, 1.54) is 11.1 Å². The highest BCUT2D eigenvalue weighted by molar-refractivity contribution is 5.40. The number of hydrogen-bond acceptors (Lipinski definition) is 3. The lowest BCUT2D eigenvalue weighted by molar-refractivity contribution is 0.497. The van der Waals surface area contributed by atoms with Crippen molar-refractivity contribution in [2.45, 2.75) is 24.8 Å². The molecule has 1 aliphatic carbocycles. The lowest BCUT2D eigenvalue weighted by Gasteiger charge is -2.32. The van der Waals surface area contributed by atoms with Crippen LogP contribution in [-0.4, -0.2) is 10.2 Å². The summed E-state index contributed by atoms with van der Waals surface area (Å²) < 4.78 is 0. The minimum Gasteiger partial charge on any atom is -0.324 e. The SMILES string of the molecule is NC(CC1Cc2ccccc21)c1ccnnc1. The summed E-state index contributed by atoms with van der Waals surface area (Å²) >= 11 is 0. The van der Waals surface area contributed by atoms with Crippen LogP contribution in [0.1, 0.15) is 35.1 Å². The zero-order chi connectivity index (χ0) is 11.7. The Bertz CT molecular complexity index is 510. The van der Waals surface area contributed by atoms with Crippen molar-refractivity contribution in [1.82, 2.24) is 10.2 Å². The van der Waals surface area contributed by atoms with Gasteiger partial charge in [-0.2, -0.15) is 10.2 Å². The van der Waals surface area contributed by atoms with Crippen LogP contribution in [0.2, 0.25) is 0 Å². The number of fused-ring (bicyclic) bond motifs is 1. The van der Waals surface area contributed by atoms with Crippen molar-refractivity contribution < 1.29 is 0 Å². The number of hydrogen-bond donors (Lipinski definition) is 1. The van der Waals surface area contributed by atoms with Gasteiger partial charge in [-0.15, -0.1) is 0 Å². The molecule has 0 bridgehead atoms. The monoisotopic (exact) mass is 225 g/mol. The van der Waals surface area contributed by atoms with E-state index in [9.17, 15) is 0 Å². The first-order chi connectivity index (χ1) is 8.34. The Hall–Kier alpha value is -1.74. The molecule has 1 heterocycles. The Morgan fingerprint density at radius 1 is 1.24 bits per heavy atom. The van der Waals surface area contributed by atoms with Crippen molar-refractivity contribution in [1.29, 1.82) is 0 Å². The van der Waals surface area contributed by atoms with Crippen LogP contribution in [0.15, 0.2) is 42.7 Å². The minimum atomic E-state index is 0.0591. The van der Waals surface area contributed by atoms with E-state index in [0.717, 1.165) is 18.4 Å². The summed E-state index contributed by atoms with van der Waals surface area (Å²) in [6.45, 7) is 0. The molecule has 0 radical (unpaired) electrons. The predicted molar refractivity (Wildman–Crippen MR) is 66.5 cm³/mol. The Kier molecular flexibility index (Phi) is 2.61. The zero-order valence-corrected chi connectivity index (χ0v) is 9.58. The summed E-state index contributed by atoms with van der Waals surface area (Å²) in [5.74, 6) is 0.606. The standard InChI is InChI=1S/C14H15N3/c15-14(11-5-6-16-17-9-11)8-12-7-10-3-1-2-4-13(10)12/h1-6,9,12,14H,7-8,15H2. The minimum absolute atomic E-state index is 0.0591. The van der Waals surface area contributed by atoms with E-state index in [1.807, 2.05) is 6.07 Å². The molecule has 0 amide bonds. The van der Waals surface area contributed by atoms with Gasteiger partial charge in [0.05, 0.1) is 6.20 Å². The van der Waals surface area contributed by atoms with Crippen LogP contribution in [0.3, 0.4) is 0 Å². The lowest BCUT2D eigenvalue weighted by atomic mass is 9.74. The van der Waals surface area contributed by atoms with Gasteiger partial charge in [-0.3, -0.25) is 0 Å². The van der Waals surface area contributed by atoms with E-state index in [2.05, 4.69) is 34.5 Å². The molecule has 0 fully saturated rings. The first kappa shape index (κ1) is 10.4. The van der Waals surface area contributed by atoms with Crippen molar-refractivity contribution in [2.75, 3.05) is 0 Å². The molecule has 0 aliphatic heterocycles. The van der Waals surface area contributed by atoms with Gasteiger partial charge >= 0.3 is 0 Å². The first-order valence-electron chi connectivity index (χ1n) is 5.94. The second-order valence-electron chi connectivity index (χ2n) is 4.62. The molecular weight excluding hydrogens is 210 g/mol. The van der Waals surface area contributed by atoms with Crippen molar-refractivity contribution in [3.63, 3.8) is 0 Å². The Morgan fingerprint density at radius 2 is 2.12 bits per heavy atom. The molecule has 1 aromatic carbocycles. The summed E-state index contributed by atoms with van der Waals surface area (Å²) in [4.78, 5) is 0. The zero-order valence-electron chi connectivity index (χ0n) is 9.58. The van der Waals surface area contributed by atoms with E-state index in [-0.39, 0.29) is 6.04 Å². The van der Waals surface area contributed by atoms with Crippen LogP contribution in [0.4, 0.5) is 0 Å². The lowest BCUT2D eigenvalue weighted by Crippen LogP contribution is -2.22. The van der Waals surface area contributed by atoms with Crippen molar-refractivity contribution in [2.24, 2.45) is 5.73 Å². The van der Waals surface area contributed by atoms with E-state index in [0.29, 0.717) is 5.92 Å². The second-order valence-corrected chi connectivity index (χ2v) is 4.62. The van der Waals surface area contributed by atoms with Gasteiger partial charge in [-0.25, -0.2) is 0 Å². The summed E-state index contributed by atoms with van der Waals surface area (Å²) in [6.07, 6.45) is 5.60. The largest absolute Gasteiger partial charge is 0.324 e. The molecule has 2 atom stereocenters. The van der Waals surface area contributed by atoms with Gasteiger partial charge in [0.2, 0.25) is 0 Å². The molecule has 3 rings (SSSR count). The van der Waals surface area contributed by atoms with Crippen molar-refractivity contribution >= 4 is 0 Å². The van der Waals surface area contributed by atoms with Crippen molar-refractivity contribution in [3.05, 3.63) is 59.4 Å². The number of benzene rings is 1. The topological polar surface area (TPSA) is 51.8 Å². The highest BCUT2D eigenvalue weighted by atomic mass is 15.1. The summed E-state index contributed by atoms with van der Waals surface area (Å²) in [5, 5.41) is 7.64. The molecule has 0 saturated heterocycles. The van der Waals surface area contributed by atoms with Gasteiger partial charge < -0.3 is 5.73 Å². The molecule has 2 N–H and O–H groups in total. The molecule has 2 unspecified atom stereocenters. The average molecular weight is 225 g/mol.